The Labute approximate surface area is 632 Å². The average Bonchev–Trinajstić information content (AvgIpc) is 1.57. The topological polar surface area (TPSA) is 127 Å². The van der Waals surface area contributed by atoms with Crippen LogP contribution in [0, 0.1) is 39.4 Å². The minimum Gasteiger partial charge on any atom is -0.478 e. The van der Waals surface area contributed by atoms with Crippen LogP contribution in [0.4, 0.5) is 0 Å². The standard InChI is InChI=1S/C14H22O2.C13H20O2.C13H22O2.5C10H20.C4H6O2/c1-9(2)12(15)16-11-8-10-6-7-14(11,5)13(10,3)4;1-5-11(14)15-10-8-9-6-7-13(10,4)12(9,2)3;14-13(15)11-10-12-8-6-4-2-1-3-5-7-9-12;5*1-2-4-6-8-10-9-7-5-3-1;1-3(2)4(5)6/h10-11H,1,6-8H2,2-5H3;5,9-10H,1,6-8H2,2-4H3;10-12H,1-9H2,(H,14,15);5*1-10H2;1H2,2H3,(H,5,6). The van der Waals surface area contributed by atoms with E-state index in [0.29, 0.717) is 34.2 Å². The molecule has 0 saturated heterocycles. The second kappa shape index (κ2) is 59.8. The highest BCUT2D eigenvalue weighted by molar-refractivity contribution is 5.87. The summed E-state index contributed by atoms with van der Waals surface area (Å²) in [6, 6.07) is 0. The first-order chi connectivity index (χ1) is 49.1. The Balaban J connectivity index is 0.000000395. The fourth-order valence-electron chi connectivity index (χ4n) is 18.1. The third-order valence-corrected chi connectivity index (χ3v) is 26.5. The molecule has 0 aromatic rings. The number of carbonyl (C=O) groups is 4. The zero-order valence-corrected chi connectivity index (χ0v) is 69.0. The van der Waals surface area contributed by atoms with Gasteiger partial charge in [-0.1, -0.05) is 433 Å². The molecule has 0 radical (unpaired) electrons. The summed E-state index contributed by atoms with van der Waals surface area (Å²) >= 11 is 0. The van der Waals surface area contributed by atoms with Gasteiger partial charge in [0.2, 0.25) is 0 Å². The Morgan fingerprint density at radius 2 is 0.539 bits per heavy atom. The second-order valence-corrected chi connectivity index (χ2v) is 35.3. The van der Waals surface area contributed by atoms with E-state index in [1.807, 2.05) is 6.08 Å². The maximum atomic E-state index is 11.6. The van der Waals surface area contributed by atoms with Gasteiger partial charge in [-0.05, 0) is 93.8 Å². The number of carboxylic acids is 2. The summed E-state index contributed by atoms with van der Waals surface area (Å²) in [5.41, 5.74) is 1.60. The van der Waals surface area contributed by atoms with Crippen LogP contribution in [-0.2, 0) is 28.7 Å². The van der Waals surface area contributed by atoms with Crippen molar-refractivity contribution in [3.8, 4) is 0 Å². The summed E-state index contributed by atoms with van der Waals surface area (Å²) in [4.78, 5) is 42.9. The van der Waals surface area contributed by atoms with Crippen molar-refractivity contribution in [2.75, 3.05) is 0 Å². The SMILES string of the molecule is C1CCCCCCCCC1.C1CCCCCCCCC1.C1CCCCCCCCC1.C1CCCCCCCCC1.C1CCCCCCCCC1.C=C(C)C(=O)O.C=C(C)C(=O)OC1CC2CCC1(C)C2(C)C.C=CC(=O)OC1CC2CCC1(C)C2(C)C.O=C(O)C=CC1CCCCCCCCC1. The first kappa shape index (κ1) is 94.9. The summed E-state index contributed by atoms with van der Waals surface area (Å²) in [6.07, 6.45) is 98.2. The molecule has 102 heavy (non-hydrogen) atoms. The lowest BCUT2D eigenvalue weighted by Crippen LogP contribution is -2.38. The van der Waals surface area contributed by atoms with Gasteiger partial charge >= 0.3 is 23.9 Å². The molecule has 10 aliphatic rings. The smallest absolute Gasteiger partial charge is 0.333 e. The second-order valence-electron chi connectivity index (χ2n) is 35.3. The molecule has 6 atom stereocenters. The third-order valence-electron chi connectivity index (χ3n) is 26.5. The summed E-state index contributed by atoms with van der Waals surface area (Å²) in [6.45, 7) is 27.2. The minimum atomic E-state index is -0.935. The maximum absolute atomic E-state index is 11.6. The van der Waals surface area contributed by atoms with Gasteiger partial charge in [-0.3, -0.25) is 0 Å². The molecule has 4 bridgehead atoms. The highest BCUT2D eigenvalue weighted by atomic mass is 16.5. The molecule has 10 aliphatic carbocycles. The van der Waals surface area contributed by atoms with E-state index in [1.54, 1.807) is 6.92 Å². The fourth-order valence-corrected chi connectivity index (χ4v) is 18.1. The fraction of sp³-hybridized carbons (Fsp3) is 0.872. The van der Waals surface area contributed by atoms with Crippen LogP contribution in [0.1, 0.15) is 473 Å². The molecule has 0 heterocycles. The van der Waals surface area contributed by atoms with E-state index in [2.05, 4.69) is 61.3 Å². The van der Waals surface area contributed by atoms with Gasteiger partial charge in [-0.15, -0.1) is 0 Å². The van der Waals surface area contributed by atoms with Crippen molar-refractivity contribution in [1.29, 1.82) is 0 Å². The van der Waals surface area contributed by atoms with E-state index >= 15 is 0 Å². The summed E-state index contributed by atoms with van der Waals surface area (Å²) in [5.74, 6) is -0.328. The van der Waals surface area contributed by atoms with Crippen molar-refractivity contribution in [2.24, 2.45) is 39.4 Å². The van der Waals surface area contributed by atoms with E-state index in [4.69, 9.17) is 19.7 Å². The predicted octanol–water partition coefficient (Wildman–Crippen LogP) is 30.2. The van der Waals surface area contributed by atoms with Crippen molar-refractivity contribution in [2.45, 2.75) is 485 Å². The molecule has 8 heteroatoms. The first-order valence-corrected chi connectivity index (χ1v) is 44.6. The Kier molecular flexibility index (Phi) is 55.7. The molecule has 10 rings (SSSR count). The van der Waals surface area contributed by atoms with Gasteiger partial charge in [0.05, 0.1) is 0 Å². The molecular weight excluding hydrogens is 1260 g/mol. The quantitative estimate of drug-likeness (QED) is 0.191. The molecule has 594 valence electrons. The highest BCUT2D eigenvalue weighted by Gasteiger charge is 2.64. The third kappa shape index (κ3) is 43.0. The van der Waals surface area contributed by atoms with Crippen molar-refractivity contribution in [1.82, 2.24) is 0 Å². The molecule has 8 nitrogen and oxygen atoms in total. The highest BCUT2D eigenvalue weighted by Crippen LogP contribution is 2.67. The first-order valence-electron chi connectivity index (χ1n) is 44.6. The summed E-state index contributed by atoms with van der Waals surface area (Å²) in [7, 11) is 0. The number of aliphatic carboxylic acids is 2. The van der Waals surface area contributed by atoms with Crippen LogP contribution in [0.25, 0.3) is 0 Å². The number of carbonyl (C=O) groups excluding carboxylic acids is 2. The lowest BCUT2D eigenvalue weighted by molar-refractivity contribution is -0.152. The predicted molar refractivity (Wildman–Crippen MR) is 438 cm³/mol. The zero-order valence-electron chi connectivity index (χ0n) is 69.0. The van der Waals surface area contributed by atoms with Crippen LogP contribution in [0.15, 0.2) is 49.1 Å². The van der Waals surface area contributed by atoms with Crippen molar-refractivity contribution in [3.05, 3.63) is 49.1 Å². The van der Waals surface area contributed by atoms with Gasteiger partial charge in [0.15, 0.2) is 0 Å². The van der Waals surface area contributed by atoms with Gasteiger partial charge in [-0.25, -0.2) is 19.2 Å². The Morgan fingerprint density at radius 1 is 0.333 bits per heavy atom. The summed E-state index contributed by atoms with van der Waals surface area (Å²) in [5, 5.41) is 16.5. The van der Waals surface area contributed by atoms with Gasteiger partial charge in [0, 0.05) is 34.1 Å². The molecule has 0 aromatic heterocycles. The van der Waals surface area contributed by atoms with Crippen LogP contribution in [0.3, 0.4) is 0 Å². The van der Waals surface area contributed by atoms with Gasteiger partial charge in [0.25, 0.3) is 0 Å². The molecule has 0 amide bonds. The zero-order chi connectivity index (χ0) is 74.8. The summed E-state index contributed by atoms with van der Waals surface area (Å²) < 4.78 is 11.1. The lowest BCUT2D eigenvalue weighted by atomic mass is 9.70. The molecule has 6 unspecified atom stereocenters. The van der Waals surface area contributed by atoms with Crippen LogP contribution >= 0.6 is 0 Å². The van der Waals surface area contributed by atoms with Crippen LogP contribution in [0.2, 0.25) is 0 Å². The van der Waals surface area contributed by atoms with E-state index in [0.717, 1.165) is 12.8 Å². The molecule has 10 saturated carbocycles. The van der Waals surface area contributed by atoms with Gasteiger partial charge in [0.1, 0.15) is 12.2 Å². The molecule has 10 fully saturated rings. The number of fused-ring (bicyclic) bond motifs is 4. The maximum Gasteiger partial charge on any atom is 0.333 e. The number of esters is 2. The Bertz CT molecular complexity index is 1870. The molecule has 2 N–H and O–H groups in total. The van der Waals surface area contributed by atoms with Gasteiger partial charge in [-0.2, -0.15) is 0 Å². The monoisotopic (exact) mass is 1430 g/mol. The molecular formula is C94H170O8. The molecule has 0 aliphatic heterocycles. The number of allylic oxidation sites excluding steroid dienone is 1. The van der Waals surface area contributed by atoms with E-state index in [1.165, 1.54) is 424 Å². The minimum absolute atomic E-state index is 0.0884. The van der Waals surface area contributed by atoms with E-state index < -0.39 is 11.9 Å². The molecule has 0 spiro atoms. The molecule has 0 aromatic carbocycles. The van der Waals surface area contributed by atoms with Crippen molar-refractivity contribution < 1.29 is 38.9 Å². The number of hydrogen-bond donors (Lipinski definition) is 2. The van der Waals surface area contributed by atoms with Crippen LogP contribution in [-0.4, -0.2) is 46.3 Å². The Hall–Kier alpha value is -3.16. The number of rotatable bonds is 7. The number of carboxylic acid groups (broad SMARTS) is 2. The average molecular weight is 1430 g/mol. The van der Waals surface area contributed by atoms with Gasteiger partial charge < -0.3 is 19.7 Å². The van der Waals surface area contributed by atoms with E-state index in [-0.39, 0.29) is 40.5 Å². The van der Waals surface area contributed by atoms with Crippen LogP contribution < -0.4 is 0 Å². The van der Waals surface area contributed by atoms with Crippen molar-refractivity contribution in [3.63, 3.8) is 0 Å². The number of ether oxygens (including phenoxy) is 2. The normalized spacial score (nSPS) is 27.7. The van der Waals surface area contributed by atoms with Crippen LogP contribution in [0.5, 0.6) is 0 Å². The lowest BCUT2D eigenvalue weighted by Gasteiger charge is -2.38. The number of hydrogen-bond acceptors (Lipinski definition) is 6. The van der Waals surface area contributed by atoms with E-state index in [9.17, 15) is 19.2 Å². The van der Waals surface area contributed by atoms with Crippen molar-refractivity contribution >= 4 is 23.9 Å². The largest absolute Gasteiger partial charge is 0.478 e. The Morgan fingerprint density at radius 3 is 0.696 bits per heavy atom.